The summed E-state index contributed by atoms with van der Waals surface area (Å²) in [5.74, 6) is 0.597. The molecule has 0 saturated carbocycles. The standard InChI is InChI=1S/C41H32Si.2CH3.Hf/c1-2-9-38-37-17-8-16-36(33-21-19-28-11-4-6-13-30(28)23-33)40(37)26-41(38)42-34-24-31-14-7-15-35(39(31)25-34)32-20-18-27-10-3-5-12-29(27)22-32;;;/h3-8,10-26,38H,1-2,9,42H2;2*1H3;. The second-order valence-corrected chi connectivity index (χ2v) is 34.4. The van der Waals surface area contributed by atoms with Gasteiger partial charge in [0.05, 0.1) is 0 Å². The van der Waals surface area contributed by atoms with Crippen LogP contribution in [0, 0.1) is 0 Å². The Morgan fingerprint density at radius 1 is 0.556 bits per heavy atom. The Morgan fingerprint density at radius 3 is 1.76 bits per heavy atom. The van der Waals surface area contributed by atoms with Crippen molar-refractivity contribution in [1.82, 2.24) is 0 Å². The molecule has 0 nitrogen and oxygen atoms in total. The molecule has 2 unspecified atom stereocenters. The first-order valence-electron chi connectivity index (χ1n) is 16.7. The van der Waals surface area contributed by atoms with E-state index in [0.29, 0.717) is 5.92 Å². The predicted molar refractivity (Wildman–Crippen MR) is 195 cm³/mol. The molecule has 9 rings (SSSR count). The van der Waals surface area contributed by atoms with E-state index in [1.807, 2.05) is 5.20 Å². The summed E-state index contributed by atoms with van der Waals surface area (Å²) in [7, 11) is -0.590. The van der Waals surface area contributed by atoms with Gasteiger partial charge in [0.1, 0.15) is 0 Å². The number of hydrogen-bond donors (Lipinski definition) is 0. The SMILES string of the molecule is [CH3][Hf]1([CH3])[CH2]CCC2C(=Cc3c(-c4ccc5ccccc5c4)cccc32)[SiH2]C2=Cc3c(-c4ccc5ccccc5c4)cccc3[CH]21. The van der Waals surface area contributed by atoms with Crippen LogP contribution >= 0.6 is 0 Å². The van der Waals surface area contributed by atoms with Crippen molar-refractivity contribution in [3.63, 3.8) is 0 Å². The van der Waals surface area contributed by atoms with E-state index in [9.17, 15) is 0 Å². The van der Waals surface area contributed by atoms with Crippen LogP contribution in [0.4, 0.5) is 0 Å². The normalized spacial score (nSPS) is 20.4. The fourth-order valence-corrected chi connectivity index (χ4v) is 29.6. The summed E-state index contributed by atoms with van der Waals surface area (Å²) in [6.45, 7) is 0. The molecule has 6 aromatic carbocycles. The summed E-state index contributed by atoms with van der Waals surface area (Å²) in [4.78, 5) is 0. The summed E-state index contributed by atoms with van der Waals surface area (Å²) in [6, 6.07) is 45.9. The number of hydrogen-bond acceptors (Lipinski definition) is 0. The Kier molecular flexibility index (Phi) is 6.62. The molecule has 6 aromatic rings. The summed E-state index contributed by atoms with van der Waals surface area (Å²) >= 11 is -2.61. The zero-order chi connectivity index (χ0) is 30.1. The molecule has 0 amide bonds. The Labute approximate surface area is 273 Å². The second-order valence-electron chi connectivity index (χ2n) is 14.2. The molecule has 1 fully saturated rings. The number of benzene rings is 6. The first-order chi connectivity index (χ1) is 22.0. The fourth-order valence-electron chi connectivity index (χ4n) is 8.95. The topological polar surface area (TPSA) is 0 Å². The molecule has 218 valence electrons. The van der Waals surface area contributed by atoms with Crippen molar-refractivity contribution in [3.8, 4) is 22.3 Å². The van der Waals surface area contributed by atoms with E-state index < -0.39 is 29.5 Å². The van der Waals surface area contributed by atoms with E-state index in [4.69, 9.17) is 0 Å². The monoisotopic (exact) mass is 762 g/mol. The van der Waals surface area contributed by atoms with Gasteiger partial charge in [-0.1, -0.05) is 6.07 Å². The van der Waals surface area contributed by atoms with Crippen LogP contribution in [0.2, 0.25) is 13.5 Å². The van der Waals surface area contributed by atoms with Gasteiger partial charge in [-0.15, -0.1) is 0 Å². The Morgan fingerprint density at radius 2 is 1.11 bits per heavy atom. The zero-order valence-electron chi connectivity index (χ0n) is 26.2. The molecule has 0 spiro atoms. The number of fused-ring (bicyclic) bond motifs is 8. The van der Waals surface area contributed by atoms with E-state index >= 15 is 0 Å². The molecule has 0 radical (unpaired) electrons. The Bertz CT molecular complexity index is 2220. The number of rotatable bonds is 2. The van der Waals surface area contributed by atoms with Crippen LogP contribution in [0.5, 0.6) is 0 Å². The van der Waals surface area contributed by atoms with Crippen molar-refractivity contribution in [2.45, 2.75) is 36.0 Å². The van der Waals surface area contributed by atoms with E-state index in [0.717, 1.165) is 3.67 Å². The molecule has 1 saturated heterocycles. The van der Waals surface area contributed by atoms with Crippen molar-refractivity contribution in [1.29, 1.82) is 0 Å². The van der Waals surface area contributed by atoms with Gasteiger partial charge in [-0.05, 0) is 0 Å². The van der Waals surface area contributed by atoms with Gasteiger partial charge < -0.3 is 0 Å². The van der Waals surface area contributed by atoms with Crippen LogP contribution in [0.3, 0.4) is 0 Å². The van der Waals surface area contributed by atoms with Gasteiger partial charge in [-0.2, -0.15) is 0 Å². The molecule has 2 aliphatic carbocycles. The van der Waals surface area contributed by atoms with Gasteiger partial charge in [0.25, 0.3) is 0 Å². The predicted octanol–water partition coefficient (Wildman–Crippen LogP) is 11.5. The average Bonchev–Trinajstić information content (AvgIpc) is 3.63. The first-order valence-corrected chi connectivity index (χ1v) is 29.9. The van der Waals surface area contributed by atoms with Gasteiger partial charge in [0.2, 0.25) is 0 Å². The molecule has 0 aromatic heterocycles. The minimum absolute atomic E-state index is 0.590. The summed E-state index contributed by atoms with van der Waals surface area (Å²) < 4.78 is 7.73. The fraction of sp³-hybridized carbons (Fsp3) is 0.163. The minimum atomic E-state index is -2.61. The van der Waals surface area contributed by atoms with Gasteiger partial charge in [-0.25, -0.2) is 0 Å². The maximum atomic E-state index is 2.76. The van der Waals surface area contributed by atoms with Crippen LogP contribution in [0.1, 0.15) is 44.7 Å². The third-order valence-electron chi connectivity index (χ3n) is 11.1. The summed E-state index contributed by atoms with van der Waals surface area (Å²) in [6.07, 6.45) is 8.06. The molecule has 1 heterocycles. The first kappa shape index (κ1) is 27.7. The van der Waals surface area contributed by atoms with Crippen LogP contribution in [-0.4, -0.2) is 9.52 Å². The Balaban J connectivity index is 1.15. The van der Waals surface area contributed by atoms with Crippen LogP contribution in [0.15, 0.2) is 132 Å². The Hall–Kier alpha value is -3.59. The van der Waals surface area contributed by atoms with Crippen molar-refractivity contribution in [3.05, 3.63) is 154 Å². The molecular formula is C43H38HfSi. The molecule has 2 atom stereocenters. The van der Waals surface area contributed by atoms with Crippen molar-refractivity contribution in [2.75, 3.05) is 0 Å². The van der Waals surface area contributed by atoms with Crippen LogP contribution < -0.4 is 0 Å². The summed E-state index contributed by atoms with van der Waals surface area (Å²) in [5.41, 5.74) is 11.8. The van der Waals surface area contributed by atoms with Gasteiger partial charge in [0, 0.05) is 0 Å². The van der Waals surface area contributed by atoms with E-state index in [1.165, 1.54) is 71.9 Å². The molecular weight excluding hydrogens is 723 g/mol. The van der Waals surface area contributed by atoms with E-state index in [-0.39, 0.29) is 0 Å². The van der Waals surface area contributed by atoms with Gasteiger partial charge in [0.15, 0.2) is 0 Å². The van der Waals surface area contributed by atoms with Crippen LogP contribution in [0.25, 0.3) is 56.0 Å². The quantitative estimate of drug-likeness (QED) is 0.154. The third-order valence-corrected chi connectivity index (χ3v) is 28.6. The van der Waals surface area contributed by atoms with Gasteiger partial charge in [-0.3, -0.25) is 0 Å². The third kappa shape index (κ3) is 4.63. The van der Waals surface area contributed by atoms with Crippen molar-refractivity contribution < 1.29 is 20.0 Å². The van der Waals surface area contributed by atoms with E-state index in [1.54, 1.807) is 16.3 Å². The molecule has 0 N–H and O–H groups in total. The summed E-state index contributed by atoms with van der Waals surface area (Å²) in [5, 5.41) is 8.90. The van der Waals surface area contributed by atoms with Crippen molar-refractivity contribution in [2.24, 2.45) is 0 Å². The van der Waals surface area contributed by atoms with Gasteiger partial charge >= 0.3 is 269 Å². The van der Waals surface area contributed by atoms with Crippen LogP contribution in [-0.2, 0) is 20.0 Å². The molecule has 2 heteroatoms. The molecule has 0 bridgehead atoms. The molecule has 1 aliphatic heterocycles. The molecule has 3 aliphatic rings. The maximum absolute atomic E-state index is 2.76. The zero-order valence-corrected chi connectivity index (χ0v) is 31.2. The number of allylic oxidation sites excluding steroid dienone is 2. The molecule has 45 heavy (non-hydrogen) atoms. The average molecular weight is 761 g/mol. The van der Waals surface area contributed by atoms with E-state index in [2.05, 4.69) is 143 Å². The van der Waals surface area contributed by atoms with Crippen molar-refractivity contribution >= 4 is 43.2 Å². The second kappa shape index (κ2) is 10.7.